The Morgan fingerprint density at radius 2 is 1.22 bits per heavy atom. The summed E-state index contributed by atoms with van der Waals surface area (Å²) in [7, 11) is 0. The Morgan fingerprint density at radius 3 is 1.78 bits per heavy atom. The van der Waals surface area contributed by atoms with Gasteiger partial charge in [0.1, 0.15) is 17.7 Å². The zero-order valence-corrected chi connectivity index (χ0v) is 33.4. The van der Waals surface area contributed by atoms with Crippen LogP contribution in [0.4, 0.5) is 4.79 Å². The van der Waals surface area contributed by atoms with E-state index < -0.39 is 6.09 Å². The van der Waals surface area contributed by atoms with Crippen LogP contribution in [0.5, 0.6) is 0 Å². The van der Waals surface area contributed by atoms with Crippen molar-refractivity contribution in [2.24, 2.45) is 5.92 Å². The van der Waals surface area contributed by atoms with Crippen LogP contribution >= 0.6 is 0 Å². The Balaban J connectivity index is 0.922. The summed E-state index contributed by atoms with van der Waals surface area (Å²) < 4.78 is 0. The molecule has 1 saturated carbocycles. The molecule has 302 valence electrons. The summed E-state index contributed by atoms with van der Waals surface area (Å²) in [5.74, 6) is 1.41. The van der Waals surface area contributed by atoms with Gasteiger partial charge in [-0.3, -0.25) is 14.5 Å². The maximum absolute atomic E-state index is 14.2. The maximum Gasteiger partial charge on any atom is 0.404 e. The first-order chi connectivity index (χ1) is 28.3. The van der Waals surface area contributed by atoms with E-state index in [2.05, 4.69) is 94.7 Å². The van der Waals surface area contributed by atoms with Gasteiger partial charge in [-0.2, -0.15) is 0 Å². The molecule has 3 aromatic carbocycles. The molecule has 12 nitrogen and oxygen atoms in total. The average molecular weight is 783 g/mol. The number of likely N-dealkylation sites (N-methyl/N-ethyl adjacent to an activating group) is 1. The van der Waals surface area contributed by atoms with Crippen LogP contribution in [0.3, 0.4) is 0 Å². The minimum Gasteiger partial charge on any atom is -0.465 e. The van der Waals surface area contributed by atoms with Crippen molar-refractivity contribution in [2.75, 3.05) is 26.2 Å². The second-order valence-corrected chi connectivity index (χ2v) is 15.9. The molecular weight excluding hydrogens is 729 g/mol. The fourth-order valence-electron chi connectivity index (χ4n) is 9.48. The molecule has 3 unspecified atom stereocenters. The molecule has 0 radical (unpaired) electrons. The van der Waals surface area contributed by atoms with Gasteiger partial charge in [0.05, 0.1) is 41.8 Å². The van der Waals surface area contributed by atoms with Crippen LogP contribution in [0.25, 0.3) is 33.6 Å². The Kier molecular flexibility index (Phi) is 11.7. The van der Waals surface area contributed by atoms with Gasteiger partial charge in [0.2, 0.25) is 11.8 Å². The number of amides is 3. The Morgan fingerprint density at radius 1 is 0.707 bits per heavy atom. The van der Waals surface area contributed by atoms with Crippen molar-refractivity contribution in [3.63, 3.8) is 0 Å². The number of imidazole rings is 2. The molecule has 0 spiro atoms. The molecule has 2 saturated heterocycles. The first kappa shape index (κ1) is 39.1. The Hall–Kier alpha value is -5.75. The fraction of sp³-hybridized carbons (Fsp3) is 0.413. The van der Waals surface area contributed by atoms with E-state index in [1.54, 1.807) is 0 Å². The number of likely N-dealkylation sites (tertiary alicyclic amines) is 2. The van der Waals surface area contributed by atoms with Gasteiger partial charge in [-0.15, -0.1) is 0 Å². The van der Waals surface area contributed by atoms with Crippen molar-refractivity contribution in [1.82, 2.24) is 40.0 Å². The van der Waals surface area contributed by atoms with E-state index in [0.717, 1.165) is 109 Å². The predicted octanol–water partition coefficient (Wildman–Crippen LogP) is 8.37. The van der Waals surface area contributed by atoms with Crippen molar-refractivity contribution >= 4 is 17.9 Å². The van der Waals surface area contributed by atoms with E-state index >= 15 is 0 Å². The molecule has 3 amide bonds. The highest BCUT2D eigenvalue weighted by atomic mass is 16.4. The Bertz CT molecular complexity index is 2180. The lowest BCUT2D eigenvalue weighted by Crippen LogP contribution is -2.49. The minimum absolute atomic E-state index is 0.0258. The van der Waals surface area contributed by atoms with E-state index in [-0.39, 0.29) is 41.9 Å². The molecular formula is C46H54N8O4. The zero-order valence-electron chi connectivity index (χ0n) is 33.4. The van der Waals surface area contributed by atoms with Gasteiger partial charge in [-0.1, -0.05) is 106 Å². The van der Waals surface area contributed by atoms with Crippen LogP contribution in [-0.2, 0) is 9.59 Å². The monoisotopic (exact) mass is 782 g/mol. The summed E-state index contributed by atoms with van der Waals surface area (Å²) in [5, 5.41) is 12.0. The standard InChI is InChI=1S/C46H54N8O4/c1-3-52(4-2)41(34-12-6-5-7-13-34)45(56)54-27-11-17-40(54)43-48-29-38(50-43)33-24-20-31(21-25-33)30-18-22-32(23-19-30)37-28-47-42(49-37)39-16-10-26-53(39)44(55)35-14-8-9-15-36(35)51-46(57)58/h5-7,12-13,18-25,28-29,35-36,39-41,51H,3-4,8-11,14-17,26-27H2,1-2H3,(H,47,49)(H,48,50)(H,57,58)/t35-,36+,39?,40?,41?/m0/s1. The van der Waals surface area contributed by atoms with Crippen LogP contribution in [0.2, 0.25) is 0 Å². The molecule has 4 N–H and O–H groups in total. The lowest BCUT2D eigenvalue weighted by atomic mass is 9.83. The van der Waals surface area contributed by atoms with Crippen molar-refractivity contribution < 1.29 is 19.5 Å². The summed E-state index contributed by atoms with van der Waals surface area (Å²) in [6, 6.07) is 26.0. The first-order valence-electron chi connectivity index (χ1n) is 21.0. The van der Waals surface area contributed by atoms with Gasteiger partial charge < -0.3 is 30.2 Å². The highest BCUT2D eigenvalue weighted by molar-refractivity contribution is 5.84. The highest BCUT2D eigenvalue weighted by Crippen LogP contribution is 2.38. The van der Waals surface area contributed by atoms with Crippen molar-refractivity contribution in [3.05, 3.63) is 108 Å². The third kappa shape index (κ3) is 8.02. The van der Waals surface area contributed by atoms with Crippen LogP contribution < -0.4 is 5.32 Å². The summed E-state index contributed by atoms with van der Waals surface area (Å²) in [4.78, 5) is 62.1. The number of H-pyrrole nitrogens is 2. The SMILES string of the molecule is CCN(CC)C(C(=O)N1CCCC1c1ncc(-c2ccc(-c3ccc(-c4cnc(C5CCCN5C(=O)[C@H]5CCCC[C@H]5NC(=O)O)[nH]4)cc3)cc2)[nH]1)c1ccccc1. The number of carbonyl (C=O) groups is 3. The molecule has 3 aliphatic rings. The molecule has 4 heterocycles. The van der Waals surface area contributed by atoms with E-state index in [4.69, 9.17) is 9.97 Å². The van der Waals surface area contributed by atoms with Gasteiger partial charge in [0.25, 0.3) is 0 Å². The van der Waals surface area contributed by atoms with E-state index in [1.165, 1.54) is 0 Å². The first-order valence-corrected chi connectivity index (χ1v) is 21.0. The summed E-state index contributed by atoms with van der Waals surface area (Å²) in [6.07, 6.45) is 9.41. The quantitative estimate of drug-likeness (QED) is 0.0993. The molecule has 3 fully saturated rings. The molecule has 2 aromatic heterocycles. The smallest absolute Gasteiger partial charge is 0.404 e. The largest absolute Gasteiger partial charge is 0.465 e. The van der Waals surface area contributed by atoms with Gasteiger partial charge in [0.15, 0.2) is 0 Å². The molecule has 1 aliphatic carbocycles. The third-order valence-electron chi connectivity index (χ3n) is 12.5. The number of hydrogen-bond acceptors (Lipinski definition) is 6. The van der Waals surface area contributed by atoms with E-state index in [0.29, 0.717) is 19.4 Å². The number of nitrogens with one attached hydrogen (secondary N) is 3. The fourth-order valence-corrected chi connectivity index (χ4v) is 9.48. The number of aromatic amines is 2. The number of benzene rings is 3. The maximum atomic E-state index is 14.2. The van der Waals surface area contributed by atoms with Crippen LogP contribution in [0, 0.1) is 5.92 Å². The molecule has 5 atom stereocenters. The van der Waals surface area contributed by atoms with Crippen LogP contribution in [0.15, 0.2) is 91.3 Å². The molecule has 5 aromatic rings. The predicted molar refractivity (Wildman–Crippen MR) is 223 cm³/mol. The second-order valence-electron chi connectivity index (χ2n) is 15.9. The molecule has 8 rings (SSSR count). The van der Waals surface area contributed by atoms with Crippen molar-refractivity contribution in [2.45, 2.75) is 89.4 Å². The lowest BCUT2D eigenvalue weighted by Gasteiger charge is -2.35. The summed E-state index contributed by atoms with van der Waals surface area (Å²) >= 11 is 0. The zero-order chi connectivity index (χ0) is 40.2. The average Bonchev–Trinajstić information content (AvgIpc) is 4.10. The van der Waals surface area contributed by atoms with E-state index in [9.17, 15) is 19.5 Å². The highest BCUT2D eigenvalue weighted by Gasteiger charge is 2.41. The van der Waals surface area contributed by atoms with Gasteiger partial charge in [-0.25, -0.2) is 14.8 Å². The number of carbonyl (C=O) groups excluding carboxylic acids is 2. The number of aromatic nitrogens is 4. The minimum atomic E-state index is -1.07. The number of hydrogen-bond donors (Lipinski definition) is 4. The lowest BCUT2D eigenvalue weighted by molar-refractivity contribution is -0.139. The summed E-state index contributed by atoms with van der Waals surface area (Å²) in [5.41, 5.74) is 7.05. The summed E-state index contributed by atoms with van der Waals surface area (Å²) in [6.45, 7) is 7.17. The van der Waals surface area contributed by atoms with Crippen molar-refractivity contribution in [1.29, 1.82) is 0 Å². The van der Waals surface area contributed by atoms with Crippen LogP contribution in [0.1, 0.15) is 101 Å². The molecule has 2 aliphatic heterocycles. The third-order valence-corrected chi connectivity index (χ3v) is 12.5. The molecule has 58 heavy (non-hydrogen) atoms. The number of rotatable bonds is 12. The topological polar surface area (TPSA) is 151 Å². The van der Waals surface area contributed by atoms with Crippen molar-refractivity contribution in [3.8, 4) is 33.6 Å². The van der Waals surface area contributed by atoms with E-state index in [1.807, 2.05) is 40.4 Å². The Labute approximate surface area is 340 Å². The molecule has 12 heteroatoms. The van der Waals surface area contributed by atoms with Gasteiger partial charge in [0, 0.05) is 19.1 Å². The molecule has 0 bridgehead atoms. The van der Waals surface area contributed by atoms with Crippen LogP contribution in [-0.4, -0.2) is 89.9 Å². The van der Waals surface area contributed by atoms with Gasteiger partial charge >= 0.3 is 6.09 Å². The normalized spacial score (nSPS) is 21.4. The number of carboxylic acid groups (broad SMARTS) is 1. The number of nitrogens with zero attached hydrogens (tertiary/aromatic N) is 5. The van der Waals surface area contributed by atoms with Gasteiger partial charge in [-0.05, 0) is 79.4 Å². The second kappa shape index (κ2) is 17.4.